The van der Waals surface area contributed by atoms with Gasteiger partial charge >= 0.3 is 0 Å². The van der Waals surface area contributed by atoms with E-state index in [2.05, 4.69) is 25.6 Å². The number of nitrogens with one attached hydrogen (secondary N) is 1. The molecule has 96 valence electrons. The Kier molecular flexibility index (Phi) is 4.38. The average molecular weight is 300 g/mol. The molecular weight excluding hydrogens is 288 g/mol. The van der Waals surface area contributed by atoms with E-state index in [1.807, 2.05) is 20.1 Å². The number of nitrogens with zero attached hydrogens (tertiary/aromatic N) is 4. The standard InChI is InChI=1S/C9H12N6S3/c1-4-6(13-10)11-5(2)12-7(4)17-9-15-14-8(16-3)18-9/h10H2,1-3H3,(H,11,12,13). The van der Waals surface area contributed by atoms with Gasteiger partial charge in [0.25, 0.3) is 0 Å². The second-order valence-electron chi connectivity index (χ2n) is 3.33. The van der Waals surface area contributed by atoms with Gasteiger partial charge in [0, 0.05) is 5.56 Å². The van der Waals surface area contributed by atoms with Gasteiger partial charge in [0.15, 0.2) is 8.68 Å². The summed E-state index contributed by atoms with van der Waals surface area (Å²) in [6.45, 7) is 3.76. The molecule has 2 aromatic heterocycles. The Morgan fingerprint density at radius 2 is 1.89 bits per heavy atom. The van der Waals surface area contributed by atoms with Crippen molar-refractivity contribution in [2.75, 3.05) is 11.7 Å². The molecule has 18 heavy (non-hydrogen) atoms. The molecule has 2 rings (SSSR count). The highest BCUT2D eigenvalue weighted by Gasteiger charge is 2.12. The molecule has 0 aromatic carbocycles. The summed E-state index contributed by atoms with van der Waals surface area (Å²) in [5.74, 6) is 6.74. The van der Waals surface area contributed by atoms with Crippen LogP contribution in [0.1, 0.15) is 11.4 Å². The summed E-state index contributed by atoms with van der Waals surface area (Å²) in [6.07, 6.45) is 1.98. The van der Waals surface area contributed by atoms with E-state index in [0.717, 1.165) is 19.3 Å². The number of hydrogen-bond acceptors (Lipinski definition) is 9. The Balaban J connectivity index is 2.30. The van der Waals surface area contributed by atoms with E-state index in [1.54, 1.807) is 23.1 Å². The lowest BCUT2D eigenvalue weighted by atomic mass is 10.3. The lowest BCUT2D eigenvalue weighted by molar-refractivity contribution is 0.925. The molecule has 2 heterocycles. The Morgan fingerprint density at radius 3 is 2.50 bits per heavy atom. The molecule has 0 bridgehead atoms. The molecule has 0 unspecified atom stereocenters. The molecule has 0 aliphatic heterocycles. The van der Waals surface area contributed by atoms with Crippen molar-refractivity contribution < 1.29 is 0 Å². The molecule has 0 saturated heterocycles. The minimum Gasteiger partial charge on any atom is -0.308 e. The lowest BCUT2D eigenvalue weighted by Gasteiger charge is -2.08. The summed E-state index contributed by atoms with van der Waals surface area (Å²) < 4.78 is 1.81. The quantitative estimate of drug-likeness (QED) is 0.384. The second-order valence-corrected chi connectivity index (χ2v) is 6.60. The van der Waals surface area contributed by atoms with Gasteiger partial charge in [-0.3, -0.25) is 0 Å². The third-order valence-corrected chi connectivity index (χ3v) is 5.14. The van der Waals surface area contributed by atoms with E-state index in [4.69, 9.17) is 5.84 Å². The van der Waals surface area contributed by atoms with Gasteiger partial charge in [-0.2, -0.15) is 0 Å². The summed E-state index contributed by atoms with van der Waals surface area (Å²) >= 11 is 4.61. The predicted octanol–water partition coefficient (Wildman–Crippen LogP) is 2.10. The fourth-order valence-electron chi connectivity index (χ4n) is 1.25. The average Bonchev–Trinajstić information content (AvgIpc) is 2.81. The van der Waals surface area contributed by atoms with E-state index >= 15 is 0 Å². The van der Waals surface area contributed by atoms with E-state index in [0.29, 0.717) is 11.6 Å². The Morgan fingerprint density at radius 1 is 1.17 bits per heavy atom. The van der Waals surface area contributed by atoms with Crippen LogP contribution in [0.3, 0.4) is 0 Å². The number of thioether (sulfide) groups is 1. The Bertz CT molecular complexity index is 555. The molecule has 0 amide bonds. The number of nitrogen functional groups attached to an aromatic ring is 1. The summed E-state index contributed by atoms with van der Waals surface area (Å²) in [7, 11) is 0. The van der Waals surface area contributed by atoms with Gasteiger partial charge in [0.2, 0.25) is 0 Å². The zero-order chi connectivity index (χ0) is 13.1. The fraction of sp³-hybridized carbons (Fsp3) is 0.333. The van der Waals surface area contributed by atoms with Crippen molar-refractivity contribution in [1.29, 1.82) is 0 Å². The minimum atomic E-state index is 0.639. The van der Waals surface area contributed by atoms with Crippen LogP contribution in [0.4, 0.5) is 5.82 Å². The smallest absolute Gasteiger partial charge is 0.181 e. The highest BCUT2D eigenvalue weighted by molar-refractivity contribution is 8.03. The maximum atomic E-state index is 5.43. The molecule has 0 aliphatic rings. The first kappa shape index (κ1) is 13.5. The van der Waals surface area contributed by atoms with Crippen molar-refractivity contribution in [2.45, 2.75) is 27.6 Å². The van der Waals surface area contributed by atoms with Crippen molar-refractivity contribution in [3.63, 3.8) is 0 Å². The monoisotopic (exact) mass is 300 g/mol. The first-order valence-corrected chi connectivity index (χ1v) is 7.87. The van der Waals surface area contributed by atoms with Gasteiger partial charge < -0.3 is 5.43 Å². The lowest BCUT2D eigenvalue weighted by Crippen LogP contribution is -2.12. The highest BCUT2D eigenvalue weighted by atomic mass is 32.2. The fourth-order valence-corrected chi connectivity index (χ4v) is 3.72. The maximum absolute atomic E-state index is 5.43. The topological polar surface area (TPSA) is 89.6 Å². The van der Waals surface area contributed by atoms with Crippen molar-refractivity contribution in [1.82, 2.24) is 20.2 Å². The summed E-state index contributed by atoms with van der Waals surface area (Å²) in [4.78, 5) is 8.62. The molecular formula is C9H12N6S3. The van der Waals surface area contributed by atoms with Gasteiger partial charge in [-0.05, 0) is 31.9 Å². The number of anilines is 1. The summed E-state index contributed by atoms with van der Waals surface area (Å²) in [5.41, 5.74) is 3.49. The number of hydrazine groups is 1. The number of rotatable bonds is 4. The molecule has 2 aromatic rings. The number of hydrogen-bond donors (Lipinski definition) is 2. The molecule has 0 atom stereocenters. The van der Waals surface area contributed by atoms with Gasteiger partial charge in [-0.15, -0.1) is 10.2 Å². The molecule has 0 fully saturated rings. The normalized spacial score (nSPS) is 10.7. The predicted molar refractivity (Wildman–Crippen MR) is 75.1 cm³/mol. The zero-order valence-electron chi connectivity index (χ0n) is 10.1. The molecule has 6 nitrogen and oxygen atoms in total. The van der Waals surface area contributed by atoms with Crippen molar-refractivity contribution in [2.24, 2.45) is 5.84 Å². The van der Waals surface area contributed by atoms with Gasteiger partial charge in [0.05, 0.1) is 0 Å². The molecule has 0 saturated carbocycles. The van der Waals surface area contributed by atoms with Crippen LogP contribution in [0.2, 0.25) is 0 Å². The second kappa shape index (κ2) is 5.83. The van der Waals surface area contributed by atoms with Crippen LogP contribution in [0, 0.1) is 13.8 Å². The van der Waals surface area contributed by atoms with Crippen molar-refractivity contribution in [3.05, 3.63) is 11.4 Å². The number of aromatic nitrogens is 4. The van der Waals surface area contributed by atoms with Crippen LogP contribution >= 0.6 is 34.9 Å². The van der Waals surface area contributed by atoms with Crippen LogP contribution in [-0.2, 0) is 0 Å². The zero-order valence-corrected chi connectivity index (χ0v) is 12.5. The SMILES string of the molecule is CSc1nnc(Sc2nc(C)nc(NN)c2C)s1. The van der Waals surface area contributed by atoms with Crippen molar-refractivity contribution >= 4 is 40.7 Å². The van der Waals surface area contributed by atoms with Crippen molar-refractivity contribution in [3.8, 4) is 0 Å². The largest absolute Gasteiger partial charge is 0.308 e. The van der Waals surface area contributed by atoms with Gasteiger partial charge in [-0.25, -0.2) is 15.8 Å². The molecule has 9 heteroatoms. The number of aryl methyl sites for hydroxylation is 1. The van der Waals surface area contributed by atoms with Gasteiger partial charge in [0.1, 0.15) is 16.7 Å². The molecule has 0 radical (unpaired) electrons. The van der Waals surface area contributed by atoms with E-state index < -0.39 is 0 Å². The summed E-state index contributed by atoms with van der Waals surface area (Å²) in [6, 6.07) is 0. The van der Waals surface area contributed by atoms with Crippen LogP contribution < -0.4 is 11.3 Å². The van der Waals surface area contributed by atoms with E-state index in [9.17, 15) is 0 Å². The molecule has 3 N–H and O–H groups in total. The van der Waals surface area contributed by atoms with Crippen LogP contribution in [-0.4, -0.2) is 26.4 Å². The third kappa shape index (κ3) is 2.91. The molecule has 0 aliphatic carbocycles. The maximum Gasteiger partial charge on any atom is 0.181 e. The first-order chi connectivity index (χ1) is 8.63. The Labute approximate surface area is 117 Å². The summed E-state index contributed by atoms with van der Waals surface area (Å²) in [5, 5.41) is 9.01. The highest BCUT2D eigenvalue weighted by Crippen LogP contribution is 2.34. The van der Waals surface area contributed by atoms with Crippen LogP contribution in [0.25, 0.3) is 0 Å². The van der Waals surface area contributed by atoms with Crippen LogP contribution in [0.5, 0.6) is 0 Å². The molecule has 0 spiro atoms. The van der Waals surface area contributed by atoms with E-state index in [1.165, 1.54) is 11.8 Å². The Hall–Kier alpha value is -0.900. The number of nitrogens with two attached hydrogens (primary N) is 1. The third-order valence-electron chi connectivity index (χ3n) is 2.10. The van der Waals surface area contributed by atoms with E-state index in [-0.39, 0.29) is 0 Å². The van der Waals surface area contributed by atoms with Crippen LogP contribution in [0.15, 0.2) is 13.7 Å². The first-order valence-electron chi connectivity index (χ1n) is 5.01. The minimum absolute atomic E-state index is 0.639. The van der Waals surface area contributed by atoms with Gasteiger partial charge in [-0.1, -0.05) is 23.1 Å².